The molecule has 0 bridgehead atoms. The quantitative estimate of drug-likeness (QED) is 0.495. The highest BCUT2D eigenvalue weighted by Gasteiger charge is 2.46. The number of hydrogen-bond acceptors (Lipinski definition) is 10. The Morgan fingerprint density at radius 3 is 2.71 bits per heavy atom. The summed E-state index contributed by atoms with van der Waals surface area (Å²) in [5.41, 5.74) is 0.885. The number of furan rings is 1. The number of sulfonamides is 1. The zero-order valence-corrected chi connectivity index (χ0v) is 24.2. The smallest absolute Gasteiger partial charge is 0.288 e. The molecule has 1 saturated heterocycles. The van der Waals surface area contributed by atoms with Crippen LogP contribution >= 0.6 is 0 Å². The minimum Gasteiger partial charge on any atom is -0.496 e. The minimum absolute atomic E-state index is 0.0542. The monoisotopic (exact) mass is 586 g/mol. The van der Waals surface area contributed by atoms with Crippen LogP contribution in [0.15, 0.2) is 39.9 Å². The van der Waals surface area contributed by atoms with Gasteiger partial charge in [-0.1, -0.05) is 26.0 Å². The Morgan fingerprint density at radius 2 is 2.02 bits per heavy atom. The first-order valence-corrected chi connectivity index (χ1v) is 14.9. The molecule has 12 nitrogen and oxygen atoms in total. The summed E-state index contributed by atoms with van der Waals surface area (Å²) in [6, 6.07) is 2.39. The average molecular weight is 587 g/mol. The summed E-state index contributed by atoms with van der Waals surface area (Å²) in [6.07, 6.45) is 2.90. The van der Waals surface area contributed by atoms with Crippen molar-refractivity contribution in [3.8, 4) is 5.75 Å². The van der Waals surface area contributed by atoms with E-state index in [2.05, 4.69) is 15.6 Å². The van der Waals surface area contributed by atoms with Gasteiger partial charge >= 0.3 is 0 Å². The molecule has 2 aliphatic heterocycles. The number of Topliss-reactive ketones (excluding diaryl/α,β-unsaturated/α-hetero) is 2. The molecule has 41 heavy (non-hydrogen) atoms. The van der Waals surface area contributed by atoms with Crippen molar-refractivity contribution < 1.29 is 36.7 Å². The molecule has 3 heterocycles. The van der Waals surface area contributed by atoms with Crippen molar-refractivity contribution in [2.24, 2.45) is 10.9 Å². The zero-order chi connectivity index (χ0) is 29.9. The number of hydrogen-bond donors (Lipinski definition) is 2. The highest BCUT2D eigenvalue weighted by molar-refractivity contribution is 8.06. The van der Waals surface area contributed by atoms with Gasteiger partial charge in [-0.15, -0.1) is 0 Å². The highest BCUT2D eigenvalue weighted by Crippen LogP contribution is 2.33. The van der Waals surface area contributed by atoms with Gasteiger partial charge in [0.05, 0.1) is 19.0 Å². The van der Waals surface area contributed by atoms with E-state index in [0.29, 0.717) is 39.6 Å². The summed E-state index contributed by atoms with van der Waals surface area (Å²) in [5.74, 6) is -2.79. The number of fused-ring (bicyclic) bond motifs is 1. The Balaban J connectivity index is 1.76. The fourth-order valence-corrected chi connectivity index (χ4v) is 6.74. The van der Waals surface area contributed by atoms with Crippen LogP contribution in [0.4, 0.5) is 0 Å². The second kappa shape index (κ2) is 12.4. The van der Waals surface area contributed by atoms with E-state index in [9.17, 15) is 27.6 Å². The molecule has 2 N–H and O–H groups in total. The molecule has 4 rings (SSSR count). The molecular formula is C28H34N4O8S. The summed E-state index contributed by atoms with van der Waals surface area (Å²) in [4.78, 5) is 57.2. The van der Waals surface area contributed by atoms with Crippen LogP contribution < -0.4 is 15.4 Å². The fraction of sp³-hybridized carbons (Fsp3) is 0.464. The average Bonchev–Trinajstić information content (AvgIpc) is 3.13. The number of aryl methyl sites for hydroxylation is 1. The number of ether oxygens (including phenoxy) is 1. The van der Waals surface area contributed by atoms with Crippen LogP contribution in [0.2, 0.25) is 0 Å². The number of aliphatic imine (C=N–C) groups is 1. The van der Waals surface area contributed by atoms with E-state index in [4.69, 9.17) is 9.15 Å². The Kier molecular flexibility index (Phi) is 9.08. The molecule has 220 valence electrons. The molecular weight excluding hydrogens is 552 g/mol. The predicted octanol–water partition coefficient (Wildman–Crippen LogP) is 2.26. The largest absolute Gasteiger partial charge is 0.496 e. The molecule has 1 fully saturated rings. The van der Waals surface area contributed by atoms with E-state index in [0.717, 1.165) is 0 Å². The summed E-state index contributed by atoms with van der Waals surface area (Å²) in [5, 5.41) is 5.35. The predicted molar refractivity (Wildman–Crippen MR) is 151 cm³/mol. The van der Waals surface area contributed by atoms with Crippen LogP contribution in [0.5, 0.6) is 5.75 Å². The Morgan fingerprint density at radius 1 is 1.27 bits per heavy atom. The first-order valence-electron chi connectivity index (χ1n) is 13.4. The lowest BCUT2D eigenvalue weighted by atomic mass is 10.0. The molecule has 0 aliphatic carbocycles. The number of rotatable bonds is 7. The Bertz CT molecular complexity index is 1540. The third kappa shape index (κ3) is 6.10. The number of nitrogens with zero attached hydrogens (tertiary/aromatic N) is 2. The maximum atomic E-state index is 14.2. The fourth-order valence-electron chi connectivity index (χ4n) is 5.06. The molecule has 1 aromatic carbocycles. The lowest BCUT2D eigenvalue weighted by molar-refractivity contribution is -0.135. The molecule has 2 aliphatic rings. The third-order valence-corrected chi connectivity index (χ3v) is 8.77. The standard InChI is InChI=1S/C28H34N4O8S/c1-16(2)14-18(31-26(35)25-17(3)24-22(39-4)10-5-11-23(24)40-25)28(36)32(19-8-6-12-29-15-21(19)34)41(37,38)27-20(33)9-7-13-30-27/h5,7,10-11,13,16,18-19,29H,6,8-9,12,14-15H2,1-4H3,(H,31,35)/t18?,19-/m0/s1. The van der Waals surface area contributed by atoms with Gasteiger partial charge in [-0.25, -0.2) is 9.30 Å². The van der Waals surface area contributed by atoms with Gasteiger partial charge in [0.1, 0.15) is 23.4 Å². The molecule has 13 heteroatoms. The highest BCUT2D eigenvalue weighted by atomic mass is 32.2. The maximum absolute atomic E-state index is 14.2. The van der Waals surface area contributed by atoms with Crippen molar-refractivity contribution in [1.82, 2.24) is 14.9 Å². The summed E-state index contributed by atoms with van der Waals surface area (Å²) in [6.45, 7) is 5.60. The van der Waals surface area contributed by atoms with E-state index < -0.39 is 50.5 Å². The number of carbonyl (C=O) groups excluding carboxylic acids is 4. The zero-order valence-electron chi connectivity index (χ0n) is 23.4. The molecule has 1 aromatic heterocycles. The van der Waals surface area contributed by atoms with Gasteiger partial charge in [-0.2, -0.15) is 8.42 Å². The van der Waals surface area contributed by atoms with Gasteiger partial charge in [0.15, 0.2) is 17.3 Å². The van der Waals surface area contributed by atoms with Gasteiger partial charge in [-0.3, -0.25) is 19.2 Å². The van der Waals surface area contributed by atoms with E-state index in [1.165, 1.54) is 19.4 Å². The number of ketones is 2. The molecule has 2 amide bonds. The third-order valence-electron chi connectivity index (χ3n) is 7.00. The van der Waals surface area contributed by atoms with Crippen LogP contribution in [0.1, 0.15) is 55.6 Å². The van der Waals surface area contributed by atoms with Gasteiger partial charge in [0.25, 0.3) is 21.8 Å². The lowest BCUT2D eigenvalue weighted by Crippen LogP contribution is -2.58. The van der Waals surface area contributed by atoms with Gasteiger partial charge in [0.2, 0.25) is 5.04 Å². The second-order valence-corrected chi connectivity index (χ2v) is 12.2. The number of methoxy groups -OCH3 is 1. The maximum Gasteiger partial charge on any atom is 0.288 e. The number of benzene rings is 1. The number of carbonyl (C=O) groups is 4. The van der Waals surface area contributed by atoms with Crippen molar-refractivity contribution in [2.45, 2.75) is 58.5 Å². The molecule has 1 unspecified atom stereocenters. The first-order chi connectivity index (χ1) is 19.5. The van der Waals surface area contributed by atoms with Crippen molar-refractivity contribution in [3.05, 3.63) is 41.8 Å². The van der Waals surface area contributed by atoms with Crippen molar-refractivity contribution in [3.63, 3.8) is 0 Å². The van der Waals surface area contributed by atoms with E-state index in [1.807, 2.05) is 13.8 Å². The molecule has 2 aromatic rings. The molecule has 0 radical (unpaired) electrons. The van der Waals surface area contributed by atoms with E-state index in [1.54, 1.807) is 25.1 Å². The van der Waals surface area contributed by atoms with Crippen LogP contribution in [0, 0.1) is 12.8 Å². The summed E-state index contributed by atoms with van der Waals surface area (Å²) < 4.78 is 39.4. The van der Waals surface area contributed by atoms with Crippen molar-refractivity contribution in [2.75, 3.05) is 20.2 Å². The molecule has 0 spiro atoms. The number of amides is 2. The van der Waals surface area contributed by atoms with Gasteiger partial charge in [0, 0.05) is 18.2 Å². The molecule has 0 saturated carbocycles. The molecule has 2 atom stereocenters. The normalized spacial score (nSPS) is 18.7. The van der Waals surface area contributed by atoms with Crippen LogP contribution in [0.25, 0.3) is 11.0 Å². The van der Waals surface area contributed by atoms with Gasteiger partial charge in [-0.05, 0) is 50.8 Å². The summed E-state index contributed by atoms with van der Waals surface area (Å²) in [7, 11) is -3.35. The minimum atomic E-state index is -4.85. The lowest BCUT2D eigenvalue weighted by Gasteiger charge is -2.33. The number of nitrogens with one attached hydrogen (secondary N) is 2. The van der Waals surface area contributed by atoms with Gasteiger partial charge < -0.3 is 19.8 Å². The van der Waals surface area contributed by atoms with E-state index in [-0.39, 0.29) is 37.5 Å². The second-order valence-electron chi connectivity index (χ2n) is 10.4. The SMILES string of the molecule is COc1cccc2oc(C(=O)NC(CC(C)C)C(=O)N([C@H]3CCCNCC3=O)S(=O)(=O)C3=NC=CCC3=O)c(C)c12. The van der Waals surface area contributed by atoms with Crippen LogP contribution in [-0.4, -0.2) is 73.4 Å². The van der Waals surface area contributed by atoms with Crippen molar-refractivity contribution in [1.29, 1.82) is 0 Å². The topological polar surface area (TPSA) is 164 Å². The Hall–Kier alpha value is -3.84. The first kappa shape index (κ1) is 30.1. The van der Waals surface area contributed by atoms with Crippen LogP contribution in [0.3, 0.4) is 0 Å². The van der Waals surface area contributed by atoms with Crippen LogP contribution in [-0.2, 0) is 24.4 Å². The Labute approximate surface area is 238 Å². The van der Waals surface area contributed by atoms with Crippen molar-refractivity contribution >= 4 is 49.4 Å². The van der Waals surface area contributed by atoms with E-state index >= 15 is 0 Å². The number of allylic oxidation sites excluding steroid dienone is 1. The summed E-state index contributed by atoms with van der Waals surface area (Å²) >= 11 is 0.